The van der Waals surface area contributed by atoms with E-state index in [4.69, 9.17) is 39.5 Å². The molecule has 0 heterocycles. The van der Waals surface area contributed by atoms with E-state index in [2.05, 4.69) is 10.0 Å². The molecule has 2 aromatic rings. The molecule has 0 radical (unpaired) electrons. The number of hydrogen-bond acceptors (Lipinski definition) is 4. The summed E-state index contributed by atoms with van der Waals surface area (Å²) in [4.78, 5) is 12.1. The molecule has 0 spiro atoms. The molecule has 140 valence electrons. The van der Waals surface area contributed by atoms with E-state index in [0.29, 0.717) is 16.5 Å². The number of benzene rings is 2. The van der Waals surface area contributed by atoms with Crippen molar-refractivity contribution in [3.05, 3.63) is 51.5 Å². The fourth-order valence-corrected chi connectivity index (χ4v) is 4.19. The summed E-state index contributed by atoms with van der Waals surface area (Å²) in [5.74, 6) is -0.219. The number of carbonyl (C=O) groups excluding carboxylic acids is 1. The van der Waals surface area contributed by atoms with Crippen LogP contribution in [0, 0.1) is 0 Å². The first-order chi connectivity index (χ1) is 12.1. The molecule has 6 nitrogen and oxygen atoms in total. The predicted molar refractivity (Wildman–Crippen MR) is 103 cm³/mol. The van der Waals surface area contributed by atoms with Crippen molar-refractivity contribution >= 4 is 56.4 Å². The van der Waals surface area contributed by atoms with Gasteiger partial charge in [-0.05, 0) is 43.3 Å². The summed E-state index contributed by atoms with van der Waals surface area (Å²) in [5, 5.41) is 3.15. The van der Waals surface area contributed by atoms with Gasteiger partial charge in [-0.3, -0.25) is 4.79 Å². The van der Waals surface area contributed by atoms with Crippen LogP contribution in [0.25, 0.3) is 0 Å². The molecular weight excluding hydrogens is 423 g/mol. The molecule has 2 aromatic carbocycles. The second-order valence-electron chi connectivity index (χ2n) is 5.25. The van der Waals surface area contributed by atoms with Crippen molar-refractivity contribution in [1.82, 2.24) is 4.72 Å². The van der Waals surface area contributed by atoms with Crippen LogP contribution < -0.4 is 14.8 Å². The summed E-state index contributed by atoms with van der Waals surface area (Å²) < 4.78 is 32.3. The monoisotopic (exact) mass is 436 g/mol. The standard InChI is InChI=1S/C16H15Cl3N2O4S/c1-9(16(22)20-13-7-10(17)4-6-14(13)25-2)21-26(23,24)15-8-11(18)3-5-12(15)19/h3-9,21H,1-2H3,(H,20,22)/t9-/m0/s1. The highest BCUT2D eigenvalue weighted by molar-refractivity contribution is 7.89. The predicted octanol–water partition coefficient (Wildman–Crippen LogP) is 3.96. The Kier molecular flexibility index (Phi) is 6.76. The molecule has 2 rings (SSSR count). The highest BCUT2D eigenvalue weighted by Gasteiger charge is 2.25. The molecule has 0 saturated heterocycles. The number of sulfonamides is 1. The lowest BCUT2D eigenvalue weighted by molar-refractivity contribution is -0.117. The molecule has 1 atom stereocenters. The molecule has 2 N–H and O–H groups in total. The lowest BCUT2D eigenvalue weighted by Gasteiger charge is -2.16. The van der Waals surface area contributed by atoms with Gasteiger partial charge in [0.05, 0.1) is 23.9 Å². The van der Waals surface area contributed by atoms with Crippen LogP contribution in [0.5, 0.6) is 5.75 Å². The number of halogens is 3. The van der Waals surface area contributed by atoms with Gasteiger partial charge >= 0.3 is 0 Å². The molecule has 0 aromatic heterocycles. The lowest BCUT2D eigenvalue weighted by atomic mass is 10.2. The Bertz CT molecular complexity index is 935. The second kappa shape index (κ2) is 8.45. The van der Waals surface area contributed by atoms with Gasteiger partial charge in [0.25, 0.3) is 0 Å². The van der Waals surface area contributed by atoms with Crippen LogP contribution in [0.3, 0.4) is 0 Å². The van der Waals surface area contributed by atoms with E-state index in [-0.39, 0.29) is 14.9 Å². The molecule has 26 heavy (non-hydrogen) atoms. The molecule has 10 heteroatoms. The van der Waals surface area contributed by atoms with Crippen LogP contribution in [0.15, 0.2) is 41.3 Å². The molecular formula is C16H15Cl3N2O4S. The first kappa shape index (κ1) is 20.8. The first-order valence-corrected chi connectivity index (χ1v) is 9.87. The Hall–Kier alpha value is -1.51. The van der Waals surface area contributed by atoms with Crippen molar-refractivity contribution in [2.75, 3.05) is 12.4 Å². The number of carbonyl (C=O) groups is 1. The molecule has 0 aliphatic rings. The summed E-state index contributed by atoms with van der Waals surface area (Å²) in [6.45, 7) is 1.39. The van der Waals surface area contributed by atoms with Crippen molar-refractivity contribution < 1.29 is 17.9 Å². The quantitative estimate of drug-likeness (QED) is 0.716. The van der Waals surface area contributed by atoms with E-state index in [1.807, 2.05) is 0 Å². The topological polar surface area (TPSA) is 84.5 Å². The SMILES string of the molecule is COc1ccc(Cl)cc1NC(=O)[C@H](C)NS(=O)(=O)c1cc(Cl)ccc1Cl. The lowest BCUT2D eigenvalue weighted by Crippen LogP contribution is -2.41. The third kappa shape index (κ3) is 5.02. The average Bonchev–Trinajstić information content (AvgIpc) is 2.56. The van der Waals surface area contributed by atoms with Crippen molar-refractivity contribution in [3.63, 3.8) is 0 Å². The van der Waals surface area contributed by atoms with E-state index in [1.165, 1.54) is 38.3 Å². The van der Waals surface area contributed by atoms with E-state index in [1.54, 1.807) is 12.1 Å². The van der Waals surface area contributed by atoms with Gasteiger partial charge in [0.15, 0.2) is 0 Å². The summed E-state index contributed by atoms with van der Waals surface area (Å²) in [5.41, 5.74) is 0.317. The minimum atomic E-state index is -4.06. The zero-order chi connectivity index (χ0) is 19.5. The zero-order valence-corrected chi connectivity index (χ0v) is 16.8. The van der Waals surface area contributed by atoms with Gasteiger partial charge in [0.1, 0.15) is 10.6 Å². The number of methoxy groups -OCH3 is 1. The number of rotatable bonds is 6. The normalized spacial score (nSPS) is 12.5. The smallest absolute Gasteiger partial charge is 0.242 e. The van der Waals surface area contributed by atoms with Crippen molar-refractivity contribution in [2.24, 2.45) is 0 Å². The van der Waals surface area contributed by atoms with Crippen LogP contribution in [-0.4, -0.2) is 27.5 Å². The molecule has 0 fully saturated rings. The maximum absolute atomic E-state index is 12.5. The number of hydrogen-bond donors (Lipinski definition) is 2. The molecule has 0 unspecified atom stereocenters. The number of nitrogens with one attached hydrogen (secondary N) is 2. The van der Waals surface area contributed by atoms with Gasteiger partial charge in [-0.25, -0.2) is 8.42 Å². The van der Waals surface area contributed by atoms with Gasteiger partial charge < -0.3 is 10.1 Å². The fraction of sp³-hybridized carbons (Fsp3) is 0.188. The second-order valence-corrected chi connectivity index (χ2v) is 8.21. The summed E-state index contributed by atoms with van der Waals surface area (Å²) in [6, 6.07) is 7.61. The number of amides is 1. The van der Waals surface area contributed by atoms with Crippen LogP contribution in [0.2, 0.25) is 15.1 Å². The van der Waals surface area contributed by atoms with E-state index in [0.717, 1.165) is 0 Å². The van der Waals surface area contributed by atoms with E-state index >= 15 is 0 Å². The maximum atomic E-state index is 12.5. The van der Waals surface area contributed by atoms with Crippen LogP contribution in [0.1, 0.15) is 6.92 Å². The van der Waals surface area contributed by atoms with E-state index < -0.39 is 22.0 Å². The highest BCUT2D eigenvalue weighted by atomic mass is 35.5. The van der Waals surface area contributed by atoms with Gasteiger partial charge in [-0.1, -0.05) is 34.8 Å². The first-order valence-electron chi connectivity index (χ1n) is 7.26. The molecule has 1 amide bonds. The minimum absolute atomic E-state index is 0.00832. The Morgan fingerprint density at radius 3 is 2.35 bits per heavy atom. The Labute approximate surface area is 166 Å². The Morgan fingerprint density at radius 1 is 1.08 bits per heavy atom. The van der Waals surface area contributed by atoms with Crippen LogP contribution in [-0.2, 0) is 14.8 Å². The zero-order valence-electron chi connectivity index (χ0n) is 13.7. The van der Waals surface area contributed by atoms with Gasteiger partial charge in [0.2, 0.25) is 15.9 Å². The molecule has 0 aliphatic heterocycles. The minimum Gasteiger partial charge on any atom is -0.495 e. The maximum Gasteiger partial charge on any atom is 0.242 e. The van der Waals surface area contributed by atoms with Gasteiger partial charge in [-0.2, -0.15) is 4.72 Å². The van der Waals surface area contributed by atoms with Gasteiger partial charge in [-0.15, -0.1) is 0 Å². The largest absolute Gasteiger partial charge is 0.495 e. The van der Waals surface area contributed by atoms with Crippen molar-refractivity contribution in [1.29, 1.82) is 0 Å². The number of ether oxygens (including phenoxy) is 1. The van der Waals surface area contributed by atoms with Crippen molar-refractivity contribution in [2.45, 2.75) is 17.9 Å². The van der Waals surface area contributed by atoms with Crippen molar-refractivity contribution in [3.8, 4) is 5.75 Å². The molecule has 0 aliphatic carbocycles. The van der Waals surface area contributed by atoms with Gasteiger partial charge in [0, 0.05) is 10.0 Å². The Balaban J connectivity index is 2.19. The summed E-state index contributed by atoms with van der Waals surface area (Å²) in [6.07, 6.45) is 0. The fourth-order valence-electron chi connectivity index (χ4n) is 2.05. The number of anilines is 1. The third-order valence-corrected chi connectivity index (χ3v) is 5.82. The average molecular weight is 438 g/mol. The van der Waals surface area contributed by atoms with Crippen LogP contribution >= 0.6 is 34.8 Å². The van der Waals surface area contributed by atoms with E-state index in [9.17, 15) is 13.2 Å². The summed E-state index contributed by atoms with van der Waals surface area (Å²) in [7, 11) is -2.62. The van der Waals surface area contributed by atoms with Crippen LogP contribution in [0.4, 0.5) is 5.69 Å². The third-order valence-electron chi connectivity index (χ3n) is 3.33. The highest BCUT2D eigenvalue weighted by Crippen LogP contribution is 2.28. The molecule has 0 saturated carbocycles. The Morgan fingerprint density at radius 2 is 1.69 bits per heavy atom. The molecule has 0 bridgehead atoms. The summed E-state index contributed by atoms with van der Waals surface area (Å²) >= 11 is 17.7.